The Morgan fingerprint density at radius 1 is 1.29 bits per heavy atom. The maximum atomic E-state index is 13.6. The van der Waals surface area contributed by atoms with Gasteiger partial charge < -0.3 is 9.90 Å². The predicted octanol–water partition coefficient (Wildman–Crippen LogP) is 0.951. The van der Waals surface area contributed by atoms with Crippen LogP contribution in [0.1, 0.15) is 25.8 Å². The average Bonchev–Trinajstić information content (AvgIpc) is 2.22. The topological polar surface area (TPSA) is 57.2 Å². The van der Waals surface area contributed by atoms with Crippen molar-refractivity contribution in [2.45, 2.75) is 25.7 Å². The summed E-state index contributed by atoms with van der Waals surface area (Å²) in [6, 6.07) is 2.92. The molecule has 3 nitrogen and oxygen atoms in total. The minimum absolute atomic E-state index is 0.275. The molecule has 0 saturated carbocycles. The van der Waals surface area contributed by atoms with Gasteiger partial charge in [-0.1, -0.05) is 13.0 Å². The zero-order valence-corrected chi connectivity index (χ0v) is 9.42. The Hall–Kier alpha value is -1.78. The maximum Gasteiger partial charge on any atom is 0.146 e. The minimum atomic E-state index is -2.27. The van der Waals surface area contributed by atoms with Crippen LogP contribution in [0.3, 0.4) is 0 Å². The monoisotopic (exact) mass is 241 g/mol. The number of carboxylic acid groups (broad SMARTS) is 1. The first kappa shape index (κ1) is 13.3. The number of rotatable bonds is 4. The van der Waals surface area contributed by atoms with Gasteiger partial charge in [-0.25, -0.2) is 8.78 Å². The number of carbonyl (C=O) groups is 2. The average molecular weight is 241 g/mol. The van der Waals surface area contributed by atoms with Crippen LogP contribution in [0.5, 0.6) is 0 Å². The SMILES string of the molecule is CCC(C(C)=O)(C(=O)[O-])c1c(F)cccc1F. The molecule has 0 aliphatic rings. The van der Waals surface area contributed by atoms with E-state index in [2.05, 4.69) is 0 Å². The molecule has 0 aliphatic carbocycles. The Balaban J connectivity index is 3.64. The number of carboxylic acids is 1. The molecule has 0 amide bonds. The van der Waals surface area contributed by atoms with Crippen molar-refractivity contribution in [3.8, 4) is 0 Å². The van der Waals surface area contributed by atoms with Crippen LogP contribution in [0, 0.1) is 11.6 Å². The second-order valence-electron chi connectivity index (χ2n) is 3.70. The highest BCUT2D eigenvalue weighted by atomic mass is 19.1. The fourth-order valence-electron chi connectivity index (χ4n) is 1.90. The Labute approximate surface area is 97.1 Å². The summed E-state index contributed by atoms with van der Waals surface area (Å²) >= 11 is 0. The van der Waals surface area contributed by atoms with Gasteiger partial charge in [-0.2, -0.15) is 0 Å². The first-order valence-electron chi connectivity index (χ1n) is 5.05. The number of benzene rings is 1. The van der Waals surface area contributed by atoms with E-state index in [0.717, 1.165) is 25.1 Å². The molecule has 0 spiro atoms. The van der Waals surface area contributed by atoms with E-state index in [1.807, 2.05) is 0 Å². The Kier molecular flexibility index (Phi) is 3.60. The van der Waals surface area contributed by atoms with Gasteiger partial charge in [0.25, 0.3) is 0 Å². The molecule has 0 aromatic heterocycles. The molecular formula is C12H11F2O3-. The van der Waals surface area contributed by atoms with Gasteiger partial charge in [-0.15, -0.1) is 0 Å². The van der Waals surface area contributed by atoms with Crippen molar-refractivity contribution in [1.82, 2.24) is 0 Å². The van der Waals surface area contributed by atoms with Crippen molar-refractivity contribution in [1.29, 1.82) is 0 Å². The van der Waals surface area contributed by atoms with Crippen LogP contribution in [0.15, 0.2) is 18.2 Å². The normalized spacial score (nSPS) is 14.1. The van der Waals surface area contributed by atoms with E-state index in [-0.39, 0.29) is 6.42 Å². The number of carbonyl (C=O) groups excluding carboxylic acids is 2. The molecule has 0 saturated heterocycles. The maximum absolute atomic E-state index is 13.6. The molecular weight excluding hydrogens is 230 g/mol. The van der Waals surface area contributed by atoms with Crippen molar-refractivity contribution in [2.75, 3.05) is 0 Å². The van der Waals surface area contributed by atoms with Crippen molar-refractivity contribution in [3.63, 3.8) is 0 Å². The fraction of sp³-hybridized carbons (Fsp3) is 0.333. The van der Waals surface area contributed by atoms with Gasteiger partial charge in [-0.3, -0.25) is 4.79 Å². The fourth-order valence-corrected chi connectivity index (χ4v) is 1.90. The molecule has 92 valence electrons. The summed E-state index contributed by atoms with van der Waals surface area (Å²) in [5.41, 5.74) is -3.02. The van der Waals surface area contributed by atoms with Gasteiger partial charge in [-0.05, 0) is 25.5 Å². The summed E-state index contributed by atoms with van der Waals surface area (Å²) in [6.45, 7) is 2.34. The number of Topliss-reactive ketones (excluding diaryl/α,β-unsaturated/α-hetero) is 1. The molecule has 1 unspecified atom stereocenters. The van der Waals surface area contributed by atoms with Crippen LogP contribution in [0.4, 0.5) is 8.78 Å². The van der Waals surface area contributed by atoms with Crippen LogP contribution in [0.25, 0.3) is 0 Å². The third-order valence-corrected chi connectivity index (χ3v) is 2.87. The lowest BCUT2D eigenvalue weighted by Gasteiger charge is -2.32. The van der Waals surface area contributed by atoms with Gasteiger partial charge in [0.05, 0.1) is 11.4 Å². The summed E-state index contributed by atoms with van der Waals surface area (Å²) < 4.78 is 27.1. The van der Waals surface area contributed by atoms with Crippen LogP contribution >= 0.6 is 0 Å². The van der Waals surface area contributed by atoms with Crippen molar-refractivity contribution >= 4 is 11.8 Å². The first-order chi connectivity index (χ1) is 7.87. The van der Waals surface area contributed by atoms with Gasteiger partial charge in [0, 0.05) is 5.56 Å². The predicted molar refractivity (Wildman–Crippen MR) is 54.0 cm³/mol. The van der Waals surface area contributed by atoms with Gasteiger partial charge in [0.15, 0.2) is 0 Å². The highest BCUT2D eigenvalue weighted by Crippen LogP contribution is 2.32. The third kappa shape index (κ3) is 1.92. The molecule has 0 radical (unpaired) electrons. The van der Waals surface area contributed by atoms with Gasteiger partial charge in [0.1, 0.15) is 17.4 Å². The van der Waals surface area contributed by atoms with Crippen molar-refractivity contribution < 1.29 is 23.5 Å². The summed E-state index contributed by atoms with van der Waals surface area (Å²) in [6.07, 6.45) is -0.275. The summed E-state index contributed by atoms with van der Waals surface area (Å²) in [4.78, 5) is 22.6. The summed E-state index contributed by atoms with van der Waals surface area (Å²) in [5, 5.41) is 11.1. The number of hydrogen-bond acceptors (Lipinski definition) is 3. The standard InChI is InChI=1S/C12H12F2O3/c1-3-12(7(2)15,11(16)17)10-8(13)5-4-6-9(10)14/h4-6H,3H2,1-2H3,(H,16,17)/p-1. The summed E-state index contributed by atoms with van der Waals surface area (Å²) in [5.74, 6) is -4.78. The van der Waals surface area contributed by atoms with E-state index in [9.17, 15) is 23.5 Å². The van der Waals surface area contributed by atoms with E-state index in [4.69, 9.17) is 0 Å². The van der Waals surface area contributed by atoms with E-state index in [0.29, 0.717) is 0 Å². The lowest BCUT2D eigenvalue weighted by molar-refractivity contribution is -0.312. The molecule has 1 atom stereocenters. The molecule has 17 heavy (non-hydrogen) atoms. The van der Waals surface area contributed by atoms with E-state index < -0.39 is 34.4 Å². The molecule has 0 bridgehead atoms. The quantitative estimate of drug-likeness (QED) is 0.737. The van der Waals surface area contributed by atoms with Gasteiger partial charge in [0.2, 0.25) is 0 Å². The minimum Gasteiger partial charge on any atom is -0.549 e. The Morgan fingerprint density at radius 3 is 2.06 bits per heavy atom. The zero-order valence-electron chi connectivity index (χ0n) is 9.42. The van der Waals surface area contributed by atoms with E-state index >= 15 is 0 Å². The van der Waals surface area contributed by atoms with Crippen LogP contribution in [0.2, 0.25) is 0 Å². The number of aliphatic carboxylic acids is 1. The smallest absolute Gasteiger partial charge is 0.146 e. The van der Waals surface area contributed by atoms with Crippen LogP contribution in [-0.4, -0.2) is 11.8 Å². The molecule has 0 aliphatic heterocycles. The molecule has 0 fully saturated rings. The third-order valence-electron chi connectivity index (χ3n) is 2.87. The van der Waals surface area contributed by atoms with Crippen LogP contribution in [-0.2, 0) is 15.0 Å². The van der Waals surface area contributed by atoms with E-state index in [1.165, 1.54) is 6.92 Å². The highest BCUT2D eigenvalue weighted by Gasteiger charge is 2.41. The molecule has 1 aromatic carbocycles. The molecule has 0 N–H and O–H groups in total. The van der Waals surface area contributed by atoms with Gasteiger partial charge >= 0.3 is 0 Å². The molecule has 1 aromatic rings. The molecule has 5 heteroatoms. The molecule has 0 heterocycles. The number of halogens is 2. The largest absolute Gasteiger partial charge is 0.549 e. The Bertz CT molecular complexity index is 435. The van der Waals surface area contributed by atoms with Crippen molar-refractivity contribution in [3.05, 3.63) is 35.4 Å². The van der Waals surface area contributed by atoms with Crippen LogP contribution < -0.4 is 5.11 Å². The summed E-state index contributed by atoms with van der Waals surface area (Å²) in [7, 11) is 0. The highest BCUT2D eigenvalue weighted by molar-refractivity contribution is 6.07. The lowest BCUT2D eigenvalue weighted by Crippen LogP contribution is -2.51. The second kappa shape index (κ2) is 4.61. The second-order valence-corrected chi connectivity index (χ2v) is 3.70. The first-order valence-corrected chi connectivity index (χ1v) is 5.05. The lowest BCUT2D eigenvalue weighted by atomic mass is 9.74. The molecule has 1 rings (SSSR count). The Morgan fingerprint density at radius 2 is 1.76 bits per heavy atom. The number of ketones is 1. The van der Waals surface area contributed by atoms with Crippen molar-refractivity contribution in [2.24, 2.45) is 0 Å². The zero-order chi connectivity index (χ0) is 13.2. The number of hydrogen-bond donors (Lipinski definition) is 0. The van der Waals surface area contributed by atoms with E-state index in [1.54, 1.807) is 0 Å².